The second-order valence-electron chi connectivity index (χ2n) is 3.43. The van der Waals surface area contributed by atoms with Gasteiger partial charge in [-0.25, -0.2) is 4.63 Å². The minimum Gasteiger partial charge on any atom is -0.397 e. The number of nitrogens with zero attached hydrogens (tertiary/aromatic N) is 2. The van der Waals surface area contributed by atoms with Crippen molar-refractivity contribution in [2.45, 2.75) is 0 Å². The maximum atomic E-state index is 8.54. The second-order valence-corrected chi connectivity index (χ2v) is 3.43. The van der Waals surface area contributed by atoms with Gasteiger partial charge in [-0.05, 0) is 22.4 Å². The van der Waals surface area contributed by atoms with Gasteiger partial charge in [-0.1, -0.05) is 0 Å². The molecule has 0 aliphatic heterocycles. The van der Waals surface area contributed by atoms with E-state index in [1.54, 1.807) is 6.07 Å². The van der Waals surface area contributed by atoms with E-state index in [1.807, 2.05) is 6.07 Å². The maximum Gasteiger partial charge on any atom is 0.160 e. The number of nitrogens with one attached hydrogen (secondary N) is 1. The van der Waals surface area contributed by atoms with Crippen LogP contribution in [0.25, 0.3) is 11.0 Å². The van der Waals surface area contributed by atoms with Gasteiger partial charge in [0.15, 0.2) is 11.0 Å². The third kappa shape index (κ3) is 2.63. The van der Waals surface area contributed by atoms with E-state index in [0.29, 0.717) is 36.5 Å². The van der Waals surface area contributed by atoms with Gasteiger partial charge in [-0.3, -0.25) is 0 Å². The van der Waals surface area contributed by atoms with Crippen LogP contribution in [0.1, 0.15) is 0 Å². The molecule has 2 rings (SSSR count). The summed E-state index contributed by atoms with van der Waals surface area (Å²) in [6.45, 7) is 1.47. The number of fused-ring (bicyclic) bond motifs is 1. The van der Waals surface area contributed by atoms with Crippen molar-refractivity contribution in [2.75, 3.05) is 37.4 Å². The van der Waals surface area contributed by atoms with E-state index in [9.17, 15) is 0 Å². The largest absolute Gasteiger partial charge is 0.397 e. The summed E-state index contributed by atoms with van der Waals surface area (Å²) in [4.78, 5) is 0. The molecular weight excluding hydrogens is 224 g/mol. The van der Waals surface area contributed by atoms with Gasteiger partial charge in [0.05, 0.1) is 31.2 Å². The Morgan fingerprint density at radius 1 is 1.29 bits per heavy atom. The summed E-state index contributed by atoms with van der Waals surface area (Å²) < 4.78 is 9.77. The number of aliphatic hydroxyl groups is 1. The number of rotatable bonds is 6. The Hall–Kier alpha value is -1.86. The van der Waals surface area contributed by atoms with E-state index in [2.05, 4.69) is 20.3 Å². The third-order valence-corrected chi connectivity index (χ3v) is 2.24. The van der Waals surface area contributed by atoms with Crippen molar-refractivity contribution in [1.29, 1.82) is 0 Å². The van der Waals surface area contributed by atoms with Crippen LogP contribution < -0.4 is 11.1 Å². The van der Waals surface area contributed by atoms with E-state index >= 15 is 0 Å². The van der Waals surface area contributed by atoms with Crippen LogP contribution in [0.5, 0.6) is 0 Å². The molecule has 1 aromatic carbocycles. The van der Waals surface area contributed by atoms with Gasteiger partial charge in [-0.15, -0.1) is 0 Å². The molecule has 0 radical (unpaired) electrons. The van der Waals surface area contributed by atoms with Crippen LogP contribution in [0.15, 0.2) is 16.8 Å². The minimum absolute atomic E-state index is 0.0271. The molecule has 0 unspecified atom stereocenters. The number of aromatic nitrogens is 2. The quantitative estimate of drug-likeness (QED) is 0.488. The highest BCUT2D eigenvalue weighted by molar-refractivity contribution is 5.94. The first-order valence-electron chi connectivity index (χ1n) is 5.26. The Labute approximate surface area is 97.5 Å². The van der Waals surface area contributed by atoms with Crippen molar-refractivity contribution in [3.8, 4) is 0 Å². The Morgan fingerprint density at radius 3 is 2.94 bits per heavy atom. The zero-order chi connectivity index (χ0) is 12.1. The molecular formula is C10H14N4O3. The molecule has 4 N–H and O–H groups in total. The standard InChI is InChI=1S/C10H14N4O3/c11-7-1-2-8(10-9(7)13-17-14-10)12-3-5-16-6-4-15/h1-2,12,15H,3-6,11H2. The van der Waals surface area contributed by atoms with Crippen molar-refractivity contribution < 1.29 is 14.5 Å². The SMILES string of the molecule is Nc1ccc(NCCOCCO)c2nonc12. The highest BCUT2D eigenvalue weighted by atomic mass is 16.6. The maximum absolute atomic E-state index is 8.54. The minimum atomic E-state index is 0.0271. The van der Waals surface area contributed by atoms with Gasteiger partial charge in [0.25, 0.3) is 0 Å². The Bertz CT molecular complexity index is 485. The summed E-state index contributed by atoms with van der Waals surface area (Å²) >= 11 is 0. The van der Waals surface area contributed by atoms with Crippen molar-refractivity contribution in [3.63, 3.8) is 0 Å². The summed E-state index contributed by atoms with van der Waals surface area (Å²) in [7, 11) is 0. The van der Waals surface area contributed by atoms with Crippen LogP contribution in [0.2, 0.25) is 0 Å². The highest BCUT2D eigenvalue weighted by Crippen LogP contribution is 2.24. The first-order valence-corrected chi connectivity index (χ1v) is 5.26. The Balaban J connectivity index is 1.99. The molecule has 7 heteroatoms. The lowest BCUT2D eigenvalue weighted by molar-refractivity contribution is 0.0992. The summed E-state index contributed by atoms with van der Waals surface area (Å²) in [5.74, 6) is 0. The molecule has 0 saturated carbocycles. The van der Waals surface area contributed by atoms with Crippen LogP contribution in [-0.4, -0.2) is 41.8 Å². The zero-order valence-corrected chi connectivity index (χ0v) is 9.22. The van der Waals surface area contributed by atoms with E-state index in [-0.39, 0.29) is 6.61 Å². The van der Waals surface area contributed by atoms with Gasteiger partial charge in [-0.2, -0.15) is 0 Å². The van der Waals surface area contributed by atoms with Crippen molar-refractivity contribution in [2.24, 2.45) is 0 Å². The number of nitrogens with two attached hydrogens (primary N) is 1. The van der Waals surface area contributed by atoms with Crippen molar-refractivity contribution >= 4 is 22.4 Å². The topological polar surface area (TPSA) is 106 Å². The highest BCUT2D eigenvalue weighted by Gasteiger charge is 2.09. The van der Waals surface area contributed by atoms with Crippen molar-refractivity contribution in [3.05, 3.63) is 12.1 Å². The molecule has 1 heterocycles. The van der Waals surface area contributed by atoms with Gasteiger partial charge in [0.2, 0.25) is 0 Å². The van der Waals surface area contributed by atoms with E-state index in [0.717, 1.165) is 5.69 Å². The fourth-order valence-electron chi connectivity index (χ4n) is 1.45. The number of anilines is 2. The summed E-state index contributed by atoms with van der Waals surface area (Å²) in [6, 6.07) is 3.55. The monoisotopic (exact) mass is 238 g/mol. The van der Waals surface area contributed by atoms with E-state index in [4.69, 9.17) is 15.6 Å². The summed E-state index contributed by atoms with van der Waals surface area (Å²) in [6.07, 6.45) is 0. The first-order chi connectivity index (χ1) is 8.33. The molecule has 0 aliphatic rings. The number of ether oxygens (including phenoxy) is 1. The van der Waals surface area contributed by atoms with Gasteiger partial charge in [0, 0.05) is 6.54 Å². The summed E-state index contributed by atoms with van der Waals surface area (Å²) in [5, 5.41) is 19.2. The predicted molar refractivity (Wildman–Crippen MR) is 62.6 cm³/mol. The Morgan fingerprint density at radius 2 is 2.12 bits per heavy atom. The lowest BCUT2D eigenvalue weighted by Crippen LogP contribution is -2.11. The fourth-order valence-corrected chi connectivity index (χ4v) is 1.45. The molecule has 0 bridgehead atoms. The lowest BCUT2D eigenvalue weighted by Gasteiger charge is -2.07. The van der Waals surface area contributed by atoms with Gasteiger partial charge >= 0.3 is 0 Å². The van der Waals surface area contributed by atoms with Crippen LogP contribution in [0.4, 0.5) is 11.4 Å². The molecule has 92 valence electrons. The molecule has 0 atom stereocenters. The van der Waals surface area contributed by atoms with E-state index in [1.165, 1.54) is 0 Å². The predicted octanol–water partition coefficient (Wildman–Crippen LogP) is 0.226. The number of aliphatic hydroxyl groups excluding tert-OH is 1. The lowest BCUT2D eigenvalue weighted by atomic mass is 10.2. The molecule has 7 nitrogen and oxygen atoms in total. The van der Waals surface area contributed by atoms with Gasteiger partial charge < -0.3 is 20.9 Å². The van der Waals surface area contributed by atoms with Crippen LogP contribution in [-0.2, 0) is 4.74 Å². The molecule has 0 aliphatic carbocycles. The van der Waals surface area contributed by atoms with Gasteiger partial charge in [0.1, 0.15) is 0 Å². The van der Waals surface area contributed by atoms with Crippen LogP contribution in [0, 0.1) is 0 Å². The Kier molecular flexibility index (Phi) is 3.73. The molecule has 0 amide bonds. The third-order valence-electron chi connectivity index (χ3n) is 2.24. The molecule has 1 aromatic heterocycles. The molecule has 17 heavy (non-hydrogen) atoms. The molecule has 0 spiro atoms. The zero-order valence-electron chi connectivity index (χ0n) is 9.22. The summed E-state index contributed by atoms with van der Waals surface area (Å²) in [5.41, 5.74) is 8.20. The van der Waals surface area contributed by atoms with Crippen LogP contribution >= 0.6 is 0 Å². The fraction of sp³-hybridized carbons (Fsp3) is 0.400. The van der Waals surface area contributed by atoms with E-state index < -0.39 is 0 Å². The molecule has 0 saturated heterocycles. The smallest absolute Gasteiger partial charge is 0.160 e. The normalized spacial score (nSPS) is 10.9. The molecule has 0 fully saturated rings. The van der Waals surface area contributed by atoms with Crippen molar-refractivity contribution in [1.82, 2.24) is 10.3 Å². The number of hydrogen-bond donors (Lipinski definition) is 3. The number of benzene rings is 1. The van der Waals surface area contributed by atoms with Crippen LogP contribution in [0.3, 0.4) is 0 Å². The first kappa shape index (κ1) is 11.6. The number of hydrogen-bond acceptors (Lipinski definition) is 7. The second kappa shape index (κ2) is 5.46. The molecule has 2 aromatic rings. The average Bonchev–Trinajstić information content (AvgIpc) is 2.81. The number of nitrogen functional groups attached to an aromatic ring is 1. The average molecular weight is 238 g/mol.